The molecule has 0 heterocycles. The highest BCUT2D eigenvalue weighted by Crippen LogP contribution is 2.33. The van der Waals surface area contributed by atoms with Crippen LogP contribution in [0.5, 0.6) is 0 Å². The third kappa shape index (κ3) is 3.61. The summed E-state index contributed by atoms with van der Waals surface area (Å²) < 4.78 is 1.88. The zero-order valence-electron chi connectivity index (χ0n) is 9.67. The van der Waals surface area contributed by atoms with Gasteiger partial charge < -0.3 is 16.3 Å². The normalized spacial score (nSPS) is 13.5. The number of halogens is 2. The molecule has 4 nitrogen and oxygen atoms in total. The monoisotopic (exact) mass is 363 g/mol. The molecule has 1 rings (SSSR count). The van der Waals surface area contributed by atoms with Gasteiger partial charge in [-0.15, -0.1) is 0 Å². The first-order valence-electron chi connectivity index (χ1n) is 5.19. The minimum Gasteiger partial charge on any atom is -0.409 e. The molecule has 1 unspecified atom stereocenters. The van der Waals surface area contributed by atoms with Crippen LogP contribution in [0.2, 0.25) is 0 Å². The van der Waals surface area contributed by atoms with Crippen molar-refractivity contribution >= 4 is 43.4 Å². The van der Waals surface area contributed by atoms with Crippen molar-refractivity contribution < 1.29 is 5.21 Å². The number of nitrogens with zero attached hydrogens (tertiary/aromatic N) is 1. The van der Waals surface area contributed by atoms with Crippen molar-refractivity contribution in [1.29, 1.82) is 0 Å². The van der Waals surface area contributed by atoms with Crippen LogP contribution in [0, 0.1) is 6.92 Å². The zero-order valence-corrected chi connectivity index (χ0v) is 12.8. The van der Waals surface area contributed by atoms with Gasteiger partial charge in [0.1, 0.15) is 0 Å². The van der Waals surface area contributed by atoms with Crippen molar-refractivity contribution in [3.8, 4) is 0 Å². The summed E-state index contributed by atoms with van der Waals surface area (Å²) in [6.45, 7) is 3.98. The van der Waals surface area contributed by atoms with Crippen LogP contribution in [0.15, 0.2) is 26.2 Å². The van der Waals surface area contributed by atoms with Gasteiger partial charge in [-0.05, 0) is 62.9 Å². The molecule has 0 amide bonds. The third-order valence-corrected chi connectivity index (χ3v) is 3.64. The second kappa shape index (κ2) is 6.26. The maximum absolute atomic E-state index is 8.70. The summed E-state index contributed by atoms with van der Waals surface area (Å²) in [5, 5.41) is 15.0. The maximum atomic E-state index is 8.70. The number of nitrogens with one attached hydrogen (secondary N) is 1. The minimum absolute atomic E-state index is 0.173. The molecule has 6 heteroatoms. The number of oxime groups is 1. The number of anilines is 1. The van der Waals surface area contributed by atoms with Crippen LogP contribution >= 0.6 is 31.9 Å². The molecule has 1 atom stereocenters. The standard InChI is InChI=1S/C11H15Br2N3O/c1-3-9(11(14)16-17)15-10-7(12)4-6(2)5-8(10)13/h4-5,9,15,17H,3H2,1-2H3,(H2,14,16). The highest BCUT2D eigenvalue weighted by molar-refractivity contribution is 9.11. The minimum atomic E-state index is -0.199. The van der Waals surface area contributed by atoms with Gasteiger partial charge in [0.25, 0.3) is 0 Å². The van der Waals surface area contributed by atoms with Gasteiger partial charge in [-0.1, -0.05) is 12.1 Å². The van der Waals surface area contributed by atoms with Gasteiger partial charge in [-0.25, -0.2) is 0 Å². The number of hydrogen-bond donors (Lipinski definition) is 3. The fraction of sp³-hybridized carbons (Fsp3) is 0.364. The topological polar surface area (TPSA) is 70.6 Å². The Morgan fingerprint density at radius 3 is 2.41 bits per heavy atom. The molecule has 17 heavy (non-hydrogen) atoms. The molecule has 94 valence electrons. The lowest BCUT2D eigenvalue weighted by molar-refractivity contribution is 0.316. The molecule has 0 aromatic heterocycles. The first-order valence-corrected chi connectivity index (χ1v) is 6.77. The largest absolute Gasteiger partial charge is 0.409 e. The molecule has 0 aliphatic carbocycles. The highest BCUT2D eigenvalue weighted by Gasteiger charge is 2.15. The molecule has 0 radical (unpaired) electrons. The summed E-state index contributed by atoms with van der Waals surface area (Å²) in [6.07, 6.45) is 0.725. The molecule has 4 N–H and O–H groups in total. The summed E-state index contributed by atoms with van der Waals surface area (Å²) in [6, 6.07) is 3.81. The molecule has 0 spiro atoms. The van der Waals surface area contributed by atoms with Gasteiger partial charge in [-0.3, -0.25) is 0 Å². The van der Waals surface area contributed by atoms with Gasteiger partial charge in [0.15, 0.2) is 5.84 Å². The van der Waals surface area contributed by atoms with Crippen molar-refractivity contribution in [3.05, 3.63) is 26.6 Å². The Morgan fingerprint density at radius 2 is 2.00 bits per heavy atom. The van der Waals surface area contributed by atoms with E-state index in [2.05, 4.69) is 42.3 Å². The molecule has 0 aliphatic heterocycles. The van der Waals surface area contributed by atoms with E-state index in [1.807, 2.05) is 26.0 Å². The Balaban J connectivity index is 3.02. The van der Waals surface area contributed by atoms with Crippen molar-refractivity contribution in [2.45, 2.75) is 26.3 Å². The highest BCUT2D eigenvalue weighted by atomic mass is 79.9. The fourth-order valence-corrected chi connectivity index (χ4v) is 3.11. The van der Waals surface area contributed by atoms with Crippen molar-refractivity contribution in [3.63, 3.8) is 0 Å². The molecule has 0 saturated heterocycles. The van der Waals surface area contributed by atoms with Gasteiger partial charge >= 0.3 is 0 Å². The van der Waals surface area contributed by atoms with E-state index in [1.165, 1.54) is 0 Å². The van der Waals surface area contributed by atoms with Crippen molar-refractivity contribution in [1.82, 2.24) is 0 Å². The molecular weight excluding hydrogens is 350 g/mol. The van der Waals surface area contributed by atoms with E-state index >= 15 is 0 Å². The second-order valence-electron chi connectivity index (χ2n) is 3.73. The van der Waals surface area contributed by atoms with E-state index in [4.69, 9.17) is 10.9 Å². The Hall–Kier alpha value is -0.750. The first kappa shape index (κ1) is 14.3. The maximum Gasteiger partial charge on any atom is 0.161 e. The number of amidine groups is 1. The number of rotatable bonds is 4. The van der Waals surface area contributed by atoms with Gasteiger partial charge in [0.2, 0.25) is 0 Å². The number of hydrogen-bond acceptors (Lipinski definition) is 3. The summed E-state index contributed by atoms with van der Waals surface area (Å²) in [4.78, 5) is 0. The van der Waals surface area contributed by atoms with E-state index < -0.39 is 0 Å². The van der Waals surface area contributed by atoms with E-state index in [-0.39, 0.29) is 11.9 Å². The van der Waals surface area contributed by atoms with Crippen LogP contribution in [0.1, 0.15) is 18.9 Å². The average Bonchev–Trinajstić information content (AvgIpc) is 2.27. The average molecular weight is 365 g/mol. The van der Waals surface area contributed by atoms with E-state index in [0.29, 0.717) is 0 Å². The smallest absolute Gasteiger partial charge is 0.161 e. The van der Waals surface area contributed by atoms with Crippen LogP contribution in [0.25, 0.3) is 0 Å². The predicted octanol–water partition coefficient (Wildman–Crippen LogP) is 3.46. The SMILES string of the molecule is CCC(Nc1c(Br)cc(C)cc1Br)C(N)=NO. The summed E-state index contributed by atoms with van der Waals surface area (Å²) in [5.41, 5.74) is 7.65. The molecule has 1 aromatic carbocycles. The van der Waals surface area contributed by atoms with Gasteiger partial charge in [-0.2, -0.15) is 0 Å². The third-order valence-electron chi connectivity index (χ3n) is 2.39. The van der Waals surface area contributed by atoms with Crippen molar-refractivity contribution in [2.75, 3.05) is 5.32 Å². The van der Waals surface area contributed by atoms with E-state index in [0.717, 1.165) is 26.6 Å². The molecule has 0 aliphatic rings. The summed E-state index contributed by atoms with van der Waals surface area (Å²) in [5.74, 6) is 0.173. The Morgan fingerprint density at radius 1 is 1.47 bits per heavy atom. The molecule has 0 saturated carbocycles. The Kier molecular flexibility index (Phi) is 5.27. The van der Waals surface area contributed by atoms with Crippen LogP contribution in [0.3, 0.4) is 0 Å². The Labute approximate surface area is 118 Å². The second-order valence-corrected chi connectivity index (χ2v) is 5.44. The molecule has 0 bridgehead atoms. The Bertz CT molecular complexity index is 412. The predicted molar refractivity (Wildman–Crippen MR) is 77.7 cm³/mol. The number of nitrogens with two attached hydrogens (primary N) is 1. The quantitative estimate of drug-likeness (QED) is 0.331. The van der Waals surface area contributed by atoms with Crippen molar-refractivity contribution in [2.24, 2.45) is 10.9 Å². The van der Waals surface area contributed by atoms with Crippen LogP contribution in [-0.4, -0.2) is 17.1 Å². The molecule has 0 fully saturated rings. The lowest BCUT2D eigenvalue weighted by Crippen LogP contribution is -2.35. The molecule has 1 aromatic rings. The van der Waals surface area contributed by atoms with Gasteiger partial charge in [0, 0.05) is 8.95 Å². The fourth-order valence-electron chi connectivity index (χ4n) is 1.47. The van der Waals surface area contributed by atoms with Gasteiger partial charge in [0.05, 0.1) is 11.7 Å². The zero-order chi connectivity index (χ0) is 13.0. The first-order chi connectivity index (χ1) is 7.99. The van der Waals surface area contributed by atoms with Crippen LogP contribution in [-0.2, 0) is 0 Å². The van der Waals surface area contributed by atoms with E-state index in [9.17, 15) is 0 Å². The number of benzene rings is 1. The van der Waals surface area contributed by atoms with Crippen LogP contribution < -0.4 is 11.1 Å². The lowest BCUT2D eigenvalue weighted by atomic mass is 10.1. The summed E-state index contributed by atoms with van der Waals surface area (Å²) >= 11 is 6.98. The summed E-state index contributed by atoms with van der Waals surface area (Å²) in [7, 11) is 0. The van der Waals surface area contributed by atoms with Crippen LogP contribution in [0.4, 0.5) is 5.69 Å². The molecular formula is C11H15Br2N3O. The van der Waals surface area contributed by atoms with E-state index in [1.54, 1.807) is 0 Å². The number of aryl methyl sites for hydroxylation is 1. The lowest BCUT2D eigenvalue weighted by Gasteiger charge is -2.19.